The van der Waals surface area contributed by atoms with Gasteiger partial charge in [-0.25, -0.2) is 9.59 Å². The Hall–Kier alpha value is -2.30. The quantitative estimate of drug-likeness (QED) is 0.773. The van der Waals surface area contributed by atoms with Crippen LogP contribution in [0.4, 0.5) is 4.79 Å². The van der Waals surface area contributed by atoms with Crippen LogP contribution in [-0.4, -0.2) is 42.8 Å². The van der Waals surface area contributed by atoms with Crippen LogP contribution in [0.15, 0.2) is 24.3 Å². The van der Waals surface area contributed by atoms with E-state index in [0.29, 0.717) is 18.7 Å². The predicted octanol–water partition coefficient (Wildman–Crippen LogP) is 3.81. The maximum Gasteiger partial charge on any atom is 0.410 e. The smallest absolute Gasteiger partial charge is 0.410 e. The van der Waals surface area contributed by atoms with Crippen molar-refractivity contribution in [2.24, 2.45) is 0 Å². The van der Waals surface area contributed by atoms with Crippen LogP contribution in [0.25, 0.3) is 5.57 Å². The van der Waals surface area contributed by atoms with Gasteiger partial charge in [-0.2, -0.15) is 0 Å². The summed E-state index contributed by atoms with van der Waals surface area (Å²) in [5, 5.41) is 0. The van der Waals surface area contributed by atoms with Crippen molar-refractivity contribution in [3.05, 3.63) is 41.0 Å². The van der Waals surface area contributed by atoms with Crippen molar-refractivity contribution in [1.29, 1.82) is 0 Å². The minimum absolute atomic E-state index is 0.295. The fourth-order valence-corrected chi connectivity index (χ4v) is 2.69. The van der Waals surface area contributed by atoms with Gasteiger partial charge in [-0.1, -0.05) is 12.1 Å². The Balaban J connectivity index is 2.17. The minimum atomic E-state index is -0.503. The van der Waals surface area contributed by atoms with E-state index in [1.807, 2.05) is 39.8 Å². The number of nitrogens with zero attached hydrogens (tertiary/aromatic N) is 1. The van der Waals surface area contributed by atoms with Gasteiger partial charge in [-0.3, -0.25) is 0 Å². The molecule has 1 aromatic rings. The largest absolute Gasteiger partial charge is 0.465 e. The molecule has 0 bridgehead atoms. The monoisotopic (exact) mass is 331 g/mol. The van der Waals surface area contributed by atoms with Gasteiger partial charge in [0.15, 0.2) is 0 Å². The third-order valence-electron chi connectivity index (χ3n) is 3.80. The van der Waals surface area contributed by atoms with Crippen molar-refractivity contribution < 1.29 is 19.1 Å². The summed E-state index contributed by atoms with van der Waals surface area (Å²) < 4.78 is 10.2. The zero-order chi connectivity index (χ0) is 17.9. The van der Waals surface area contributed by atoms with Crippen molar-refractivity contribution in [3.8, 4) is 0 Å². The Morgan fingerprint density at radius 3 is 2.50 bits per heavy atom. The molecule has 1 aliphatic rings. The van der Waals surface area contributed by atoms with E-state index in [0.717, 1.165) is 23.1 Å². The summed E-state index contributed by atoms with van der Waals surface area (Å²) in [5.41, 5.74) is 3.11. The molecular weight excluding hydrogens is 306 g/mol. The highest BCUT2D eigenvalue weighted by atomic mass is 16.6. The highest BCUT2D eigenvalue weighted by molar-refractivity contribution is 5.90. The first-order chi connectivity index (χ1) is 11.2. The number of carbonyl (C=O) groups is 2. The highest BCUT2D eigenvalue weighted by Gasteiger charge is 2.25. The number of carbonyl (C=O) groups excluding carboxylic acids is 2. The normalized spacial score (nSPS) is 14.9. The zero-order valence-corrected chi connectivity index (χ0v) is 15.0. The number of ether oxygens (including phenoxy) is 2. The Morgan fingerprint density at radius 2 is 1.92 bits per heavy atom. The third kappa shape index (κ3) is 4.37. The molecule has 0 aromatic heterocycles. The summed E-state index contributed by atoms with van der Waals surface area (Å²) >= 11 is 0. The van der Waals surface area contributed by atoms with Crippen LogP contribution in [-0.2, 0) is 9.47 Å². The van der Waals surface area contributed by atoms with E-state index >= 15 is 0 Å². The molecule has 0 fully saturated rings. The number of rotatable bonds is 2. The number of benzene rings is 1. The van der Waals surface area contributed by atoms with Crippen LogP contribution in [0.5, 0.6) is 0 Å². The average Bonchev–Trinajstić information content (AvgIpc) is 2.52. The van der Waals surface area contributed by atoms with Gasteiger partial charge >= 0.3 is 12.1 Å². The molecule has 0 radical (unpaired) electrons. The van der Waals surface area contributed by atoms with Gasteiger partial charge in [-0.15, -0.1) is 0 Å². The van der Waals surface area contributed by atoms with E-state index in [-0.39, 0.29) is 12.1 Å². The lowest BCUT2D eigenvalue weighted by Crippen LogP contribution is -2.39. The summed E-state index contributed by atoms with van der Waals surface area (Å²) in [7, 11) is 1.37. The molecule has 0 saturated carbocycles. The summed E-state index contributed by atoms with van der Waals surface area (Å²) in [6, 6.07) is 5.47. The first-order valence-corrected chi connectivity index (χ1v) is 8.07. The van der Waals surface area contributed by atoms with Gasteiger partial charge in [0.25, 0.3) is 0 Å². The van der Waals surface area contributed by atoms with Crippen molar-refractivity contribution in [3.63, 3.8) is 0 Å². The lowest BCUT2D eigenvalue weighted by atomic mass is 9.95. The molecule has 0 atom stereocenters. The maximum atomic E-state index is 12.3. The van der Waals surface area contributed by atoms with Gasteiger partial charge in [0, 0.05) is 13.1 Å². The third-order valence-corrected chi connectivity index (χ3v) is 3.80. The Bertz CT molecular complexity index is 670. The molecule has 130 valence electrons. The lowest BCUT2D eigenvalue weighted by Gasteiger charge is -2.30. The first kappa shape index (κ1) is 18.0. The van der Waals surface area contributed by atoms with Gasteiger partial charge < -0.3 is 14.4 Å². The molecule has 1 amide bonds. The predicted molar refractivity (Wildman–Crippen MR) is 92.9 cm³/mol. The van der Waals surface area contributed by atoms with E-state index in [9.17, 15) is 9.59 Å². The fraction of sp³-hybridized carbons (Fsp3) is 0.474. The molecule has 24 heavy (non-hydrogen) atoms. The van der Waals surface area contributed by atoms with Gasteiger partial charge in [0.05, 0.1) is 12.7 Å². The average molecular weight is 331 g/mol. The second kappa shape index (κ2) is 7.07. The molecule has 2 rings (SSSR count). The van der Waals surface area contributed by atoms with Crippen LogP contribution >= 0.6 is 0 Å². The number of methoxy groups -OCH3 is 1. The maximum absolute atomic E-state index is 12.3. The van der Waals surface area contributed by atoms with Gasteiger partial charge in [-0.05, 0) is 62.9 Å². The van der Waals surface area contributed by atoms with Crippen LogP contribution in [0.3, 0.4) is 0 Å². The Morgan fingerprint density at radius 1 is 1.21 bits per heavy atom. The van der Waals surface area contributed by atoms with Crippen molar-refractivity contribution in [1.82, 2.24) is 4.90 Å². The van der Waals surface area contributed by atoms with Crippen LogP contribution in [0.2, 0.25) is 0 Å². The first-order valence-electron chi connectivity index (χ1n) is 8.07. The molecule has 0 spiro atoms. The fourth-order valence-electron chi connectivity index (χ4n) is 2.69. The molecule has 0 unspecified atom stereocenters. The molecule has 0 N–H and O–H groups in total. The van der Waals surface area contributed by atoms with Crippen LogP contribution in [0, 0.1) is 6.92 Å². The van der Waals surface area contributed by atoms with Crippen LogP contribution < -0.4 is 0 Å². The standard InChI is InChI=1S/C19H25NO4/c1-13-11-14(17(21)23-5)8-9-16(13)15-7-6-10-20(12-15)18(22)24-19(2,3)4/h7-9,11H,6,10,12H2,1-5H3. The molecule has 5 heteroatoms. The summed E-state index contributed by atoms with van der Waals surface area (Å²) in [6.07, 6.45) is 2.63. The number of esters is 1. The lowest BCUT2D eigenvalue weighted by molar-refractivity contribution is 0.0273. The molecule has 5 nitrogen and oxygen atoms in total. The second-order valence-corrected chi connectivity index (χ2v) is 6.94. The van der Waals surface area contributed by atoms with E-state index in [1.54, 1.807) is 11.0 Å². The number of amides is 1. The molecule has 1 aromatic carbocycles. The molecule has 0 saturated heterocycles. The van der Waals surface area contributed by atoms with E-state index in [4.69, 9.17) is 9.47 Å². The molecule has 1 heterocycles. The van der Waals surface area contributed by atoms with E-state index < -0.39 is 5.60 Å². The summed E-state index contributed by atoms with van der Waals surface area (Å²) in [4.78, 5) is 25.6. The van der Waals surface area contributed by atoms with Crippen molar-refractivity contribution >= 4 is 17.6 Å². The number of hydrogen-bond donors (Lipinski definition) is 0. The molecule has 0 aliphatic carbocycles. The summed E-state index contributed by atoms with van der Waals surface area (Å²) in [5.74, 6) is -0.349. The Kier molecular flexibility index (Phi) is 5.32. The summed E-state index contributed by atoms with van der Waals surface area (Å²) in [6.45, 7) is 8.70. The molecular formula is C19H25NO4. The topological polar surface area (TPSA) is 55.8 Å². The molecule has 1 aliphatic heterocycles. The Labute approximate surface area is 143 Å². The number of hydrogen-bond acceptors (Lipinski definition) is 4. The van der Waals surface area contributed by atoms with E-state index in [2.05, 4.69) is 6.08 Å². The van der Waals surface area contributed by atoms with Gasteiger partial charge in [0.1, 0.15) is 5.60 Å². The number of aryl methyl sites for hydroxylation is 1. The minimum Gasteiger partial charge on any atom is -0.465 e. The van der Waals surface area contributed by atoms with E-state index in [1.165, 1.54) is 7.11 Å². The SMILES string of the molecule is COC(=O)c1ccc(C2=CCCN(C(=O)OC(C)(C)C)C2)c(C)c1. The second-order valence-electron chi connectivity index (χ2n) is 6.94. The zero-order valence-electron chi connectivity index (χ0n) is 15.0. The van der Waals surface area contributed by atoms with Crippen LogP contribution in [0.1, 0.15) is 48.7 Å². The van der Waals surface area contributed by atoms with Gasteiger partial charge in [0.2, 0.25) is 0 Å². The van der Waals surface area contributed by atoms with Crippen molar-refractivity contribution in [2.45, 2.75) is 39.7 Å². The van der Waals surface area contributed by atoms with Crippen molar-refractivity contribution in [2.75, 3.05) is 20.2 Å². The highest BCUT2D eigenvalue weighted by Crippen LogP contribution is 2.26.